The number of pyridine rings is 1. The van der Waals surface area contributed by atoms with E-state index in [0.717, 1.165) is 49.5 Å². The van der Waals surface area contributed by atoms with Crippen molar-refractivity contribution in [3.8, 4) is 11.3 Å². The highest BCUT2D eigenvalue weighted by Gasteiger charge is 2.21. The molecule has 0 amide bonds. The molecule has 5 aromatic rings. The monoisotopic (exact) mass is 341 g/mol. The van der Waals surface area contributed by atoms with Gasteiger partial charge < -0.3 is 4.42 Å². The lowest BCUT2D eigenvalue weighted by molar-refractivity contribution is -0.660. The van der Waals surface area contributed by atoms with Crippen molar-refractivity contribution in [1.29, 1.82) is 0 Å². The zero-order chi connectivity index (χ0) is 20.3. The summed E-state index contributed by atoms with van der Waals surface area (Å²) >= 11 is 0. The highest BCUT2D eigenvalue weighted by molar-refractivity contribution is 6.17. The second kappa shape index (κ2) is 5.43. The van der Waals surface area contributed by atoms with Crippen molar-refractivity contribution in [3.63, 3.8) is 0 Å². The minimum atomic E-state index is -2.13. The van der Waals surface area contributed by atoms with Crippen molar-refractivity contribution in [2.75, 3.05) is 0 Å². The van der Waals surface area contributed by atoms with Crippen LogP contribution < -0.4 is 4.57 Å². The molecule has 2 heterocycles. The van der Waals surface area contributed by atoms with E-state index in [0.29, 0.717) is 5.56 Å². The van der Waals surface area contributed by atoms with E-state index in [1.54, 1.807) is 12.3 Å². The zero-order valence-electron chi connectivity index (χ0n) is 17.7. The number of furan rings is 1. The molecule has 0 saturated carbocycles. The summed E-state index contributed by atoms with van der Waals surface area (Å²) in [4.78, 5) is 0. The zero-order valence-corrected chi connectivity index (χ0v) is 14.7. The van der Waals surface area contributed by atoms with Crippen LogP contribution in [0.4, 0.5) is 0 Å². The van der Waals surface area contributed by atoms with Crippen molar-refractivity contribution >= 4 is 32.7 Å². The molecule has 0 atom stereocenters. The van der Waals surface area contributed by atoms with Gasteiger partial charge in [0.05, 0.1) is 5.56 Å². The first-order valence-corrected chi connectivity index (χ1v) is 8.69. The molecule has 0 radical (unpaired) electrons. The van der Waals surface area contributed by atoms with Gasteiger partial charge in [0, 0.05) is 31.9 Å². The average Bonchev–Trinajstić information content (AvgIpc) is 3.07. The van der Waals surface area contributed by atoms with Gasteiger partial charge in [-0.1, -0.05) is 42.5 Å². The summed E-state index contributed by atoms with van der Waals surface area (Å²) in [5.41, 5.74) is 5.02. The van der Waals surface area contributed by atoms with Crippen LogP contribution in [0.1, 0.15) is 15.2 Å². The van der Waals surface area contributed by atoms with E-state index in [2.05, 4.69) is 43.3 Å². The molecular weight excluding hydrogens is 318 g/mol. The number of hydrogen-bond acceptors (Lipinski definition) is 1. The Hall–Kier alpha value is -3.13. The van der Waals surface area contributed by atoms with E-state index in [1.165, 1.54) is 0 Å². The third-order valence-corrected chi connectivity index (χ3v) is 5.13. The summed E-state index contributed by atoms with van der Waals surface area (Å²) in [7, 11) is 1.88. The number of fused-ring (bicyclic) bond motifs is 5. The van der Waals surface area contributed by atoms with Gasteiger partial charge in [0.25, 0.3) is 0 Å². The molecule has 3 aromatic carbocycles. The summed E-state index contributed by atoms with van der Waals surface area (Å²) in [6.45, 7) is -0.0760. The third kappa shape index (κ3) is 2.08. The number of benzene rings is 3. The van der Waals surface area contributed by atoms with Crippen LogP contribution in [-0.2, 0) is 7.05 Å². The van der Waals surface area contributed by atoms with Crippen molar-refractivity contribution in [2.24, 2.45) is 7.05 Å². The number of hydrogen-bond donors (Lipinski definition) is 0. The Labute approximate surface area is 156 Å². The van der Waals surface area contributed by atoms with Gasteiger partial charge >= 0.3 is 0 Å². The second-order valence-corrected chi connectivity index (χ2v) is 6.81. The lowest BCUT2D eigenvalue weighted by Crippen LogP contribution is -2.31. The lowest BCUT2D eigenvalue weighted by atomic mass is 9.99. The molecule has 0 fully saturated rings. The van der Waals surface area contributed by atoms with E-state index in [9.17, 15) is 0 Å². The fourth-order valence-corrected chi connectivity index (χ4v) is 3.85. The Morgan fingerprint density at radius 1 is 0.846 bits per heavy atom. The van der Waals surface area contributed by atoms with Gasteiger partial charge in [0.1, 0.15) is 18.2 Å². The third-order valence-electron chi connectivity index (χ3n) is 5.13. The predicted octanol–water partition coefficient (Wildman–Crippen LogP) is 5.85. The highest BCUT2D eigenvalue weighted by atomic mass is 16.3. The van der Waals surface area contributed by atoms with Gasteiger partial charge in [-0.05, 0) is 36.9 Å². The number of rotatable bonds is 1. The summed E-state index contributed by atoms with van der Waals surface area (Å²) in [5.74, 6) is 0. The maximum absolute atomic E-state index is 7.67. The molecule has 0 aliphatic rings. The van der Waals surface area contributed by atoms with Crippen LogP contribution in [0, 0.1) is 13.8 Å². The standard InChI is InChI=1S/C24H20NO/c1-15-8-13-21(25(3)14-15)22-16(2)9-11-20-19-12-10-17-6-4-5-7-18(17)23(19)26-24(20)22/h4-14H,1-3H3/q+1/i1D3. The maximum atomic E-state index is 7.67. The summed E-state index contributed by atoms with van der Waals surface area (Å²) in [6, 6.07) is 20.2. The fourth-order valence-electron chi connectivity index (χ4n) is 3.85. The first-order chi connectivity index (χ1) is 13.8. The quantitative estimate of drug-likeness (QED) is 0.350. The average molecular weight is 341 g/mol. The van der Waals surface area contributed by atoms with E-state index in [-0.39, 0.29) is 0 Å². The molecule has 0 unspecified atom stereocenters. The topological polar surface area (TPSA) is 17.0 Å². The summed E-state index contributed by atoms with van der Waals surface area (Å²) < 4.78 is 31.3. The molecule has 0 N–H and O–H groups in total. The Morgan fingerprint density at radius 3 is 2.50 bits per heavy atom. The molecule has 26 heavy (non-hydrogen) atoms. The molecule has 126 valence electrons. The van der Waals surface area contributed by atoms with Gasteiger partial charge in [-0.25, -0.2) is 4.57 Å². The minimum Gasteiger partial charge on any atom is -0.454 e. The lowest BCUT2D eigenvalue weighted by Gasteiger charge is -2.05. The van der Waals surface area contributed by atoms with Crippen LogP contribution in [0.15, 0.2) is 71.3 Å². The number of aromatic nitrogens is 1. The minimum absolute atomic E-state index is 0.323. The summed E-state index contributed by atoms with van der Waals surface area (Å²) in [6.07, 6.45) is 1.68. The van der Waals surface area contributed by atoms with E-state index in [4.69, 9.17) is 8.53 Å². The molecule has 5 rings (SSSR count). The molecule has 0 aliphatic carbocycles. The van der Waals surface area contributed by atoms with Crippen LogP contribution >= 0.6 is 0 Å². The first-order valence-electron chi connectivity index (χ1n) is 10.2. The van der Waals surface area contributed by atoms with Crippen molar-refractivity contribution in [2.45, 2.75) is 13.8 Å². The Bertz CT molecular complexity index is 1410. The molecule has 2 nitrogen and oxygen atoms in total. The van der Waals surface area contributed by atoms with Gasteiger partial charge in [-0.3, -0.25) is 0 Å². The second-order valence-electron chi connectivity index (χ2n) is 6.81. The largest absolute Gasteiger partial charge is 0.454 e. The Kier molecular flexibility index (Phi) is 2.56. The Balaban J connectivity index is 1.85. The molecule has 0 aliphatic heterocycles. The molecule has 2 aromatic heterocycles. The van der Waals surface area contributed by atoms with Gasteiger partial charge in [0.15, 0.2) is 6.20 Å². The van der Waals surface area contributed by atoms with Crippen LogP contribution in [0.25, 0.3) is 44.0 Å². The fraction of sp³-hybridized carbons (Fsp3) is 0.125. The van der Waals surface area contributed by atoms with E-state index in [1.807, 2.05) is 29.8 Å². The molecular formula is C24H20NO+. The molecule has 0 spiro atoms. The highest BCUT2D eigenvalue weighted by Crippen LogP contribution is 2.39. The van der Waals surface area contributed by atoms with Crippen molar-refractivity contribution in [3.05, 3.63) is 78.0 Å². The van der Waals surface area contributed by atoms with Crippen LogP contribution in [0.3, 0.4) is 0 Å². The van der Waals surface area contributed by atoms with Gasteiger partial charge in [0.2, 0.25) is 5.69 Å². The van der Waals surface area contributed by atoms with Crippen molar-refractivity contribution in [1.82, 2.24) is 0 Å². The smallest absolute Gasteiger partial charge is 0.216 e. The normalized spacial score (nSPS) is 13.8. The van der Waals surface area contributed by atoms with Crippen LogP contribution in [0.2, 0.25) is 0 Å². The molecule has 0 saturated heterocycles. The molecule has 0 bridgehead atoms. The Morgan fingerprint density at radius 2 is 1.65 bits per heavy atom. The van der Waals surface area contributed by atoms with E-state index < -0.39 is 6.85 Å². The maximum Gasteiger partial charge on any atom is 0.216 e. The van der Waals surface area contributed by atoms with Crippen molar-refractivity contribution < 1.29 is 13.1 Å². The summed E-state index contributed by atoms with van der Waals surface area (Å²) in [5, 5.41) is 4.38. The predicted molar refractivity (Wildman–Crippen MR) is 107 cm³/mol. The molecule has 2 heteroatoms. The number of aryl methyl sites for hydroxylation is 3. The van der Waals surface area contributed by atoms with Crippen LogP contribution in [-0.4, -0.2) is 0 Å². The van der Waals surface area contributed by atoms with E-state index >= 15 is 0 Å². The first kappa shape index (κ1) is 12.3. The van der Waals surface area contributed by atoms with Gasteiger partial charge in [-0.15, -0.1) is 0 Å². The number of nitrogens with zero attached hydrogens (tertiary/aromatic N) is 1. The van der Waals surface area contributed by atoms with Gasteiger partial charge in [-0.2, -0.15) is 0 Å². The van der Waals surface area contributed by atoms with Crippen LogP contribution in [0.5, 0.6) is 0 Å². The SMILES string of the molecule is [2H]C([2H])([2H])c1ccc(-c2c(C)ccc3c2oc2c4ccccc4ccc32)[n+](C)c1.